The van der Waals surface area contributed by atoms with Gasteiger partial charge in [-0.1, -0.05) is 26.0 Å². The summed E-state index contributed by atoms with van der Waals surface area (Å²) in [6.45, 7) is 7.61. The summed E-state index contributed by atoms with van der Waals surface area (Å²) in [5.74, 6) is 0. The fourth-order valence-electron chi connectivity index (χ4n) is 2.11. The van der Waals surface area contributed by atoms with Gasteiger partial charge < -0.3 is 9.31 Å². The first-order valence-electron chi connectivity index (χ1n) is 6.76. The van der Waals surface area contributed by atoms with Crippen molar-refractivity contribution in [3.05, 3.63) is 36.2 Å². The molecule has 0 unspecified atom stereocenters. The van der Waals surface area contributed by atoms with Crippen LogP contribution in [0.15, 0.2) is 30.5 Å². The summed E-state index contributed by atoms with van der Waals surface area (Å²) in [7, 11) is -0.274. The molecule has 1 aromatic carbocycles. The number of rotatable bonds is 2. The fourth-order valence-corrected chi connectivity index (χ4v) is 2.11. The summed E-state index contributed by atoms with van der Waals surface area (Å²) in [5, 5.41) is 8.48. The first kappa shape index (κ1) is 13.3. The number of aromatic nitrogens is 3. The molecular weight excluding hydrogens is 253 g/mol. The molecule has 3 rings (SSSR count). The number of hydrogen-bond acceptors (Lipinski definition) is 4. The van der Waals surface area contributed by atoms with Gasteiger partial charge in [0.2, 0.25) is 0 Å². The Morgan fingerprint density at radius 3 is 2.35 bits per heavy atom. The maximum atomic E-state index is 5.77. The van der Waals surface area contributed by atoms with Crippen LogP contribution in [0, 0.1) is 12.3 Å². The highest BCUT2D eigenvalue weighted by Gasteiger charge is 2.33. The lowest BCUT2D eigenvalue weighted by Crippen LogP contribution is -2.47. The second-order valence-corrected chi connectivity index (χ2v) is 5.99. The zero-order chi connectivity index (χ0) is 14.2. The summed E-state index contributed by atoms with van der Waals surface area (Å²) >= 11 is 0. The second kappa shape index (κ2) is 5.03. The van der Waals surface area contributed by atoms with Crippen molar-refractivity contribution in [2.75, 3.05) is 13.2 Å². The Bertz CT molecular complexity index is 585. The molecule has 1 fully saturated rings. The average molecular weight is 271 g/mol. The molecule has 5 nitrogen and oxygen atoms in total. The van der Waals surface area contributed by atoms with Crippen molar-refractivity contribution in [3.63, 3.8) is 0 Å². The van der Waals surface area contributed by atoms with Crippen LogP contribution in [0.5, 0.6) is 0 Å². The van der Waals surface area contributed by atoms with E-state index in [1.807, 2.05) is 31.2 Å². The quantitative estimate of drug-likeness (QED) is 0.773. The molecule has 2 heterocycles. The molecule has 20 heavy (non-hydrogen) atoms. The smallest absolute Gasteiger partial charge is 0.407 e. The monoisotopic (exact) mass is 271 g/mol. The molecule has 0 atom stereocenters. The van der Waals surface area contributed by atoms with Crippen molar-refractivity contribution >= 4 is 12.6 Å². The van der Waals surface area contributed by atoms with Crippen molar-refractivity contribution < 1.29 is 9.31 Å². The minimum atomic E-state index is -0.274. The van der Waals surface area contributed by atoms with E-state index in [-0.39, 0.29) is 12.5 Å². The lowest BCUT2D eigenvalue weighted by molar-refractivity contribution is 0.0343. The van der Waals surface area contributed by atoms with Crippen LogP contribution in [0.25, 0.3) is 5.69 Å². The summed E-state index contributed by atoms with van der Waals surface area (Å²) in [6.07, 6.45) is 1.74. The van der Waals surface area contributed by atoms with Crippen LogP contribution in [-0.4, -0.2) is 35.3 Å². The third-order valence-corrected chi connectivity index (χ3v) is 3.25. The highest BCUT2D eigenvalue weighted by molar-refractivity contribution is 6.61. The molecule has 0 aliphatic carbocycles. The highest BCUT2D eigenvalue weighted by Crippen LogP contribution is 2.21. The van der Waals surface area contributed by atoms with Gasteiger partial charge in [-0.3, -0.25) is 0 Å². The van der Waals surface area contributed by atoms with E-state index < -0.39 is 0 Å². The normalized spacial score (nSPS) is 18.2. The lowest BCUT2D eigenvalue weighted by Gasteiger charge is -2.33. The Balaban J connectivity index is 1.74. The maximum absolute atomic E-state index is 5.77. The van der Waals surface area contributed by atoms with Crippen LogP contribution < -0.4 is 5.46 Å². The topological polar surface area (TPSA) is 49.2 Å². The van der Waals surface area contributed by atoms with Gasteiger partial charge in [-0.25, -0.2) is 0 Å². The molecule has 1 aromatic heterocycles. The number of benzene rings is 1. The highest BCUT2D eigenvalue weighted by atomic mass is 16.6. The standard InChI is InChI=1S/C14H18BN3O2/c1-11-8-16-18(17-11)13-6-4-12(5-7-13)15-19-9-14(2,3)10-20-15/h4-8H,9-10H2,1-3H3. The molecular formula is C14H18BN3O2. The van der Waals surface area contributed by atoms with Crippen molar-refractivity contribution in [2.45, 2.75) is 20.8 Å². The second-order valence-electron chi connectivity index (χ2n) is 5.99. The minimum absolute atomic E-state index is 0.0902. The summed E-state index contributed by atoms with van der Waals surface area (Å²) < 4.78 is 11.5. The van der Waals surface area contributed by atoms with Crippen LogP contribution in [0.4, 0.5) is 0 Å². The Labute approximate surface area is 119 Å². The zero-order valence-electron chi connectivity index (χ0n) is 12.0. The average Bonchev–Trinajstić information content (AvgIpc) is 2.86. The van der Waals surface area contributed by atoms with Crippen molar-refractivity contribution in [1.82, 2.24) is 15.0 Å². The zero-order valence-corrected chi connectivity index (χ0v) is 12.0. The van der Waals surface area contributed by atoms with Gasteiger partial charge in [0.05, 0.1) is 17.6 Å². The van der Waals surface area contributed by atoms with Gasteiger partial charge in [-0.15, -0.1) is 0 Å². The molecule has 0 radical (unpaired) electrons. The van der Waals surface area contributed by atoms with E-state index in [4.69, 9.17) is 9.31 Å². The molecule has 1 aliphatic rings. The fraction of sp³-hybridized carbons (Fsp3) is 0.429. The van der Waals surface area contributed by atoms with Crippen molar-refractivity contribution in [3.8, 4) is 5.69 Å². The first-order chi connectivity index (χ1) is 9.53. The number of aryl methyl sites for hydroxylation is 1. The van der Waals surface area contributed by atoms with Crippen molar-refractivity contribution in [1.29, 1.82) is 0 Å². The molecule has 104 valence electrons. The van der Waals surface area contributed by atoms with E-state index in [9.17, 15) is 0 Å². The van der Waals surface area contributed by atoms with E-state index in [1.165, 1.54) is 0 Å². The number of hydrogen-bond donors (Lipinski definition) is 0. The van der Waals surface area contributed by atoms with E-state index in [1.54, 1.807) is 11.0 Å². The molecule has 0 N–H and O–H groups in total. The van der Waals surface area contributed by atoms with Gasteiger partial charge in [-0.2, -0.15) is 15.0 Å². The van der Waals surface area contributed by atoms with Gasteiger partial charge >= 0.3 is 7.12 Å². The molecule has 2 aromatic rings. The molecule has 0 bridgehead atoms. The van der Waals surface area contributed by atoms with Crippen LogP contribution >= 0.6 is 0 Å². The Morgan fingerprint density at radius 2 is 1.80 bits per heavy atom. The van der Waals surface area contributed by atoms with Gasteiger partial charge in [0.25, 0.3) is 0 Å². The Kier molecular flexibility index (Phi) is 3.35. The first-order valence-corrected chi connectivity index (χ1v) is 6.76. The van der Waals surface area contributed by atoms with E-state index in [0.29, 0.717) is 13.2 Å². The minimum Gasteiger partial charge on any atom is -0.407 e. The summed E-state index contributed by atoms with van der Waals surface area (Å²) in [6, 6.07) is 7.94. The van der Waals surface area contributed by atoms with Gasteiger partial charge in [0.1, 0.15) is 0 Å². The number of nitrogens with zero attached hydrogens (tertiary/aromatic N) is 3. The third-order valence-electron chi connectivity index (χ3n) is 3.25. The largest absolute Gasteiger partial charge is 0.493 e. The SMILES string of the molecule is Cc1cnn(-c2ccc(B3OCC(C)(C)CO3)cc2)n1. The summed E-state index contributed by atoms with van der Waals surface area (Å²) in [4.78, 5) is 1.62. The lowest BCUT2D eigenvalue weighted by atomic mass is 9.76. The van der Waals surface area contributed by atoms with E-state index in [2.05, 4.69) is 24.0 Å². The van der Waals surface area contributed by atoms with Crippen LogP contribution in [-0.2, 0) is 9.31 Å². The molecule has 1 saturated heterocycles. The summed E-state index contributed by atoms with van der Waals surface area (Å²) in [5.41, 5.74) is 2.94. The van der Waals surface area contributed by atoms with Gasteiger partial charge in [-0.05, 0) is 24.5 Å². The third kappa shape index (κ3) is 2.76. The van der Waals surface area contributed by atoms with E-state index >= 15 is 0 Å². The Morgan fingerprint density at radius 1 is 1.15 bits per heavy atom. The van der Waals surface area contributed by atoms with E-state index in [0.717, 1.165) is 16.8 Å². The molecule has 6 heteroatoms. The van der Waals surface area contributed by atoms with Gasteiger partial charge in [0.15, 0.2) is 0 Å². The molecule has 1 aliphatic heterocycles. The maximum Gasteiger partial charge on any atom is 0.493 e. The van der Waals surface area contributed by atoms with Crippen LogP contribution in [0.2, 0.25) is 0 Å². The molecule has 0 spiro atoms. The Hall–Kier alpha value is -1.66. The molecule has 0 saturated carbocycles. The van der Waals surface area contributed by atoms with Gasteiger partial charge in [0, 0.05) is 18.6 Å². The predicted molar refractivity (Wildman–Crippen MR) is 77.2 cm³/mol. The van der Waals surface area contributed by atoms with Crippen LogP contribution in [0.1, 0.15) is 19.5 Å². The van der Waals surface area contributed by atoms with Crippen molar-refractivity contribution in [2.24, 2.45) is 5.41 Å². The predicted octanol–water partition coefficient (Wildman–Crippen LogP) is 1.34. The van der Waals surface area contributed by atoms with Crippen LogP contribution in [0.3, 0.4) is 0 Å². The molecule has 0 amide bonds.